The number of rotatable bonds is 3. The molecule has 2 rings (SSSR count). The maximum Gasteiger partial charge on any atom is 0.271 e. The first-order valence-electron chi connectivity index (χ1n) is 6.65. The summed E-state index contributed by atoms with van der Waals surface area (Å²) in [5.41, 5.74) is 7.19. The Morgan fingerprint density at radius 1 is 1.05 bits per heavy atom. The largest absolute Gasteiger partial charge is 0.271 e. The van der Waals surface area contributed by atoms with E-state index in [-0.39, 0.29) is 5.91 Å². The van der Waals surface area contributed by atoms with E-state index in [1.54, 1.807) is 0 Å². The van der Waals surface area contributed by atoms with Gasteiger partial charge < -0.3 is 0 Å². The number of hydrogen-bond acceptors (Lipinski definition) is 2. The summed E-state index contributed by atoms with van der Waals surface area (Å²) in [7, 11) is 0. The van der Waals surface area contributed by atoms with E-state index in [1.807, 2.05) is 63.2 Å². The van der Waals surface area contributed by atoms with Crippen LogP contribution in [0.15, 0.2) is 52.0 Å². The van der Waals surface area contributed by atoms with Crippen LogP contribution in [0.3, 0.4) is 0 Å². The Kier molecular flexibility index (Phi) is 4.91. The maximum absolute atomic E-state index is 12.1. The van der Waals surface area contributed by atoms with Crippen molar-refractivity contribution in [2.45, 2.75) is 20.8 Å². The Balaban J connectivity index is 2.12. The second-order valence-corrected chi connectivity index (χ2v) is 5.86. The van der Waals surface area contributed by atoms with Crippen LogP contribution in [0.4, 0.5) is 0 Å². The zero-order chi connectivity index (χ0) is 15.4. The summed E-state index contributed by atoms with van der Waals surface area (Å²) in [5, 5.41) is 4.16. The number of carbonyl (C=O) groups excluding carboxylic acids is 1. The van der Waals surface area contributed by atoms with Gasteiger partial charge in [-0.05, 0) is 61.7 Å². The van der Waals surface area contributed by atoms with Crippen molar-refractivity contribution in [1.82, 2.24) is 5.43 Å². The van der Waals surface area contributed by atoms with Crippen molar-refractivity contribution < 1.29 is 4.79 Å². The first-order valence-corrected chi connectivity index (χ1v) is 7.44. The van der Waals surface area contributed by atoms with Gasteiger partial charge in [-0.25, -0.2) is 5.43 Å². The molecule has 0 saturated carbocycles. The molecule has 0 aliphatic carbocycles. The number of amides is 1. The molecule has 2 aromatic carbocycles. The summed E-state index contributed by atoms with van der Waals surface area (Å²) in [6, 6.07) is 13.4. The molecule has 0 aliphatic heterocycles. The number of aryl methyl sites for hydroxylation is 2. The van der Waals surface area contributed by atoms with E-state index in [2.05, 4.69) is 26.5 Å². The van der Waals surface area contributed by atoms with Crippen molar-refractivity contribution in [1.29, 1.82) is 0 Å². The van der Waals surface area contributed by atoms with Crippen molar-refractivity contribution in [2.24, 2.45) is 5.10 Å². The van der Waals surface area contributed by atoms with Crippen LogP contribution in [0.25, 0.3) is 0 Å². The van der Waals surface area contributed by atoms with Crippen molar-refractivity contribution >= 4 is 27.5 Å². The molecule has 4 heteroatoms. The molecule has 0 aromatic heterocycles. The van der Waals surface area contributed by atoms with Crippen molar-refractivity contribution in [2.75, 3.05) is 0 Å². The fraction of sp³-hybridized carbons (Fsp3) is 0.176. The smallest absolute Gasteiger partial charge is 0.267 e. The Bertz CT molecular complexity index is 708. The lowest BCUT2D eigenvalue weighted by Crippen LogP contribution is -2.19. The highest BCUT2D eigenvalue weighted by molar-refractivity contribution is 9.10. The van der Waals surface area contributed by atoms with Gasteiger partial charge in [0.1, 0.15) is 0 Å². The molecule has 0 spiro atoms. The van der Waals surface area contributed by atoms with Gasteiger partial charge in [-0.3, -0.25) is 4.79 Å². The van der Waals surface area contributed by atoms with Gasteiger partial charge in [0, 0.05) is 10.0 Å². The van der Waals surface area contributed by atoms with Crippen LogP contribution in [0, 0.1) is 13.8 Å². The van der Waals surface area contributed by atoms with Gasteiger partial charge in [0.05, 0.1) is 5.71 Å². The standard InChI is InChI=1S/C17H17BrN2O/c1-11-7-8-15(9-12(11)2)17(21)20-19-13(3)14-5-4-6-16(18)10-14/h4-10H,1-3H3,(H,20,21). The Hall–Kier alpha value is -1.94. The van der Waals surface area contributed by atoms with E-state index in [0.29, 0.717) is 5.56 Å². The number of nitrogens with one attached hydrogen (secondary N) is 1. The highest BCUT2D eigenvalue weighted by atomic mass is 79.9. The molecule has 0 aliphatic rings. The number of nitrogens with zero attached hydrogens (tertiary/aromatic N) is 1. The Morgan fingerprint density at radius 3 is 2.48 bits per heavy atom. The van der Waals surface area contributed by atoms with Gasteiger partial charge in [0.25, 0.3) is 5.91 Å². The van der Waals surface area contributed by atoms with E-state index in [9.17, 15) is 4.79 Å². The fourth-order valence-corrected chi connectivity index (χ4v) is 2.26. The maximum atomic E-state index is 12.1. The van der Waals surface area contributed by atoms with Crippen molar-refractivity contribution in [3.8, 4) is 0 Å². The average molecular weight is 345 g/mol. The van der Waals surface area contributed by atoms with Crippen LogP contribution in [0.1, 0.15) is 34.0 Å². The van der Waals surface area contributed by atoms with Gasteiger partial charge in [0.15, 0.2) is 0 Å². The number of halogens is 1. The molecule has 0 fully saturated rings. The molecule has 3 nitrogen and oxygen atoms in total. The molecule has 0 bridgehead atoms. The van der Waals surface area contributed by atoms with Crippen LogP contribution in [0.2, 0.25) is 0 Å². The molecular formula is C17H17BrN2O. The van der Waals surface area contributed by atoms with E-state index in [4.69, 9.17) is 0 Å². The van der Waals surface area contributed by atoms with Gasteiger partial charge in [-0.2, -0.15) is 5.10 Å². The molecule has 108 valence electrons. The van der Waals surface area contributed by atoms with Crippen molar-refractivity contribution in [3.63, 3.8) is 0 Å². The topological polar surface area (TPSA) is 41.5 Å². The Morgan fingerprint density at radius 2 is 1.81 bits per heavy atom. The molecule has 2 aromatic rings. The molecule has 21 heavy (non-hydrogen) atoms. The molecular weight excluding hydrogens is 328 g/mol. The van der Waals surface area contributed by atoms with Crippen LogP contribution >= 0.6 is 15.9 Å². The van der Waals surface area contributed by atoms with E-state index in [1.165, 1.54) is 5.56 Å². The minimum absolute atomic E-state index is 0.201. The van der Waals surface area contributed by atoms with Crippen LogP contribution in [-0.2, 0) is 0 Å². The van der Waals surface area contributed by atoms with Crippen LogP contribution < -0.4 is 5.43 Å². The zero-order valence-electron chi connectivity index (χ0n) is 12.3. The first kappa shape index (κ1) is 15.4. The number of carbonyl (C=O) groups is 1. The minimum Gasteiger partial charge on any atom is -0.267 e. The summed E-state index contributed by atoms with van der Waals surface area (Å²) >= 11 is 3.42. The summed E-state index contributed by atoms with van der Waals surface area (Å²) in [4.78, 5) is 12.1. The summed E-state index contributed by atoms with van der Waals surface area (Å²) < 4.78 is 0.982. The van der Waals surface area contributed by atoms with Gasteiger partial charge in [-0.15, -0.1) is 0 Å². The van der Waals surface area contributed by atoms with Gasteiger partial charge in [-0.1, -0.05) is 34.1 Å². The molecule has 0 saturated heterocycles. The second kappa shape index (κ2) is 6.68. The highest BCUT2D eigenvalue weighted by Gasteiger charge is 2.06. The number of benzene rings is 2. The lowest BCUT2D eigenvalue weighted by molar-refractivity contribution is 0.0954. The quantitative estimate of drug-likeness (QED) is 0.657. The predicted molar refractivity (Wildman–Crippen MR) is 89.7 cm³/mol. The van der Waals surface area contributed by atoms with E-state index < -0.39 is 0 Å². The predicted octanol–water partition coefficient (Wildman–Crippen LogP) is 4.22. The molecule has 1 N–H and O–H groups in total. The SMILES string of the molecule is CC(=NNC(=O)c1ccc(C)c(C)c1)c1cccc(Br)c1. The normalized spacial score (nSPS) is 11.3. The van der Waals surface area contributed by atoms with Gasteiger partial charge in [0.2, 0.25) is 0 Å². The van der Waals surface area contributed by atoms with E-state index in [0.717, 1.165) is 21.3 Å². The average Bonchev–Trinajstić information content (AvgIpc) is 2.47. The third-order valence-electron chi connectivity index (χ3n) is 3.34. The third kappa shape index (κ3) is 4.02. The minimum atomic E-state index is -0.201. The number of hydrazone groups is 1. The second-order valence-electron chi connectivity index (χ2n) is 4.95. The number of hydrogen-bond donors (Lipinski definition) is 1. The Labute approximate surface area is 133 Å². The monoisotopic (exact) mass is 344 g/mol. The zero-order valence-corrected chi connectivity index (χ0v) is 13.9. The fourth-order valence-electron chi connectivity index (χ4n) is 1.86. The van der Waals surface area contributed by atoms with Crippen LogP contribution in [0.5, 0.6) is 0 Å². The third-order valence-corrected chi connectivity index (χ3v) is 3.83. The molecule has 0 atom stereocenters. The molecule has 1 amide bonds. The highest BCUT2D eigenvalue weighted by Crippen LogP contribution is 2.12. The molecule has 0 unspecified atom stereocenters. The van der Waals surface area contributed by atoms with E-state index >= 15 is 0 Å². The summed E-state index contributed by atoms with van der Waals surface area (Å²) in [6.07, 6.45) is 0. The first-order chi connectivity index (χ1) is 9.97. The summed E-state index contributed by atoms with van der Waals surface area (Å²) in [6.45, 7) is 5.87. The summed E-state index contributed by atoms with van der Waals surface area (Å²) in [5.74, 6) is -0.201. The molecule has 0 heterocycles. The lowest BCUT2D eigenvalue weighted by atomic mass is 10.1. The van der Waals surface area contributed by atoms with Gasteiger partial charge >= 0.3 is 0 Å². The lowest BCUT2D eigenvalue weighted by Gasteiger charge is -2.05. The molecule has 0 radical (unpaired) electrons. The van der Waals surface area contributed by atoms with Crippen LogP contribution in [-0.4, -0.2) is 11.6 Å². The van der Waals surface area contributed by atoms with Crippen molar-refractivity contribution in [3.05, 3.63) is 69.2 Å².